The van der Waals surface area contributed by atoms with Gasteiger partial charge in [0.05, 0.1) is 0 Å². The molecule has 2 heterocycles. The summed E-state index contributed by atoms with van der Waals surface area (Å²) in [4.78, 5) is 4.56. The van der Waals surface area contributed by atoms with E-state index in [4.69, 9.17) is 5.73 Å². The lowest BCUT2D eigenvalue weighted by molar-refractivity contribution is 0.320. The van der Waals surface area contributed by atoms with Crippen LogP contribution in [0.15, 0.2) is 18.5 Å². The largest absolute Gasteiger partial charge is 0.329 e. The summed E-state index contributed by atoms with van der Waals surface area (Å²) >= 11 is 0. The lowest BCUT2D eigenvalue weighted by Crippen LogP contribution is -2.16. The Hall–Kier alpha value is -1.35. The molecule has 0 saturated heterocycles. The third-order valence-electron chi connectivity index (χ3n) is 3.58. The number of nitrogens with two attached hydrogens (primary N) is 1. The highest BCUT2D eigenvalue weighted by atomic mass is 15.1. The molecule has 0 aromatic carbocycles. The van der Waals surface area contributed by atoms with Gasteiger partial charge in [0, 0.05) is 30.4 Å². The van der Waals surface area contributed by atoms with Crippen LogP contribution in [-0.4, -0.2) is 9.55 Å². The Kier molecular flexibility index (Phi) is 2.21. The highest BCUT2D eigenvalue weighted by Gasteiger charge is 2.22. The van der Waals surface area contributed by atoms with Crippen LogP contribution < -0.4 is 5.73 Å². The second kappa shape index (κ2) is 3.59. The fraction of sp³-hybridized carbons (Fsp3) is 0.462. The maximum atomic E-state index is 5.80. The Labute approximate surface area is 95.3 Å². The van der Waals surface area contributed by atoms with Crippen molar-refractivity contribution in [1.82, 2.24) is 9.55 Å². The van der Waals surface area contributed by atoms with Crippen molar-refractivity contribution in [3.63, 3.8) is 0 Å². The van der Waals surface area contributed by atoms with Crippen LogP contribution in [0.4, 0.5) is 0 Å². The minimum atomic E-state index is 0.599. The van der Waals surface area contributed by atoms with Gasteiger partial charge in [-0.2, -0.15) is 0 Å². The topological polar surface area (TPSA) is 43.8 Å². The summed E-state index contributed by atoms with van der Waals surface area (Å²) in [7, 11) is 0. The van der Waals surface area contributed by atoms with Crippen LogP contribution in [0.1, 0.15) is 36.4 Å². The first-order chi connectivity index (χ1) is 7.79. The van der Waals surface area contributed by atoms with E-state index in [1.807, 2.05) is 6.20 Å². The van der Waals surface area contributed by atoms with E-state index in [9.17, 15) is 0 Å². The van der Waals surface area contributed by atoms with Gasteiger partial charge in [0.15, 0.2) is 0 Å². The molecule has 0 unspecified atom stereocenters. The molecule has 0 amide bonds. The number of pyridine rings is 1. The first-order valence-electron chi connectivity index (χ1n) is 5.95. The summed E-state index contributed by atoms with van der Waals surface area (Å²) in [6.07, 6.45) is 8.04. The standard InChI is InChI=1S/C13H17N3/c1-9-5-12-10(6-14)8-16(11-3-2-4-11)13(12)15-7-9/h5,7-8,11H,2-4,6,14H2,1H3. The van der Waals surface area contributed by atoms with E-state index in [0.29, 0.717) is 12.6 Å². The molecule has 2 aromatic rings. The quantitative estimate of drug-likeness (QED) is 0.836. The van der Waals surface area contributed by atoms with E-state index in [1.54, 1.807) is 0 Å². The fourth-order valence-electron chi connectivity index (χ4n) is 2.41. The molecule has 3 heteroatoms. The fourth-order valence-corrected chi connectivity index (χ4v) is 2.41. The summed E-state index contributed by atoms with van der Waals surface area (Å²) in [5.74, 6) is 0. The van der Waals surface area contributed by atoms with Gasteiger partial charge < -0.3 is 10.3 Å². The molecule has 84 valence electrons. The predicted octanol–water partition coefficient (Wildman–Crippen LogP) is 2.53. The molecule has 1 aliphatic carbocycles. The summed E-state index contributed by atoms with van der Waals surface area (Å²) in [6, 6.07) is 2.85. The van der Waals surface area contributed by atoms with Gasteiger partial charge in [-0.1, -0.05) is 0 Å². The Balaban J connectivity index is 2.21. The van der Waals surface area contributed by atoms with Crippen molar-refractivity contribution in [2.24, 2.45) is 5.73 Å². The molecule has 0 radical (unpaired) electrons. The molecule has 0 atom stereocenters. The number of nitrogens with zero attached hydrogens (tertiary/aromatic N) is 2. The second-order valence-corrected chi connectivity index (χ2v) is 4.73. The molecule has 16 heavy (non-hydrogen) atoms. The van der Waals surface area contributed by atoms with Crippen molar-refractivity contribution in [2.45, 2.75) is 38.8 Å². The van der Waals surface area contributed by atoms with Crippen molar-refractivity contribution >= 4 is 11.0 Å². The molecule has 3 nitrogen and oxygen atoms in total. The molecular weight excluding hydrogens is 198 g/mol. The Bertz CT molecular complexity index is 523. The van der Waals surface area contributed by atoms with E-state index in [1.165, 1.54) is 35.8 Å². The number of aryl methyl sites for hydroxylation is 1. The maximum Gasteiger partial charge on any atom is 0.140 e. The van der Waals surface area contributed by atoms with Gasteiger partial charge >= 0.3 is 0 Å². The lowest BCUT2D eigenvalue weighted by Gasteiger charge is -2.27. The molecule has 2 aromatic heterocycles. The first-order valence-corrected chi connectivity index (χ1v) is 5.95. The van der Waals surface area contributed by atoms with Crippen LogP contribution in [0, 0.1) is 6.92 Å². The summed E-state index contributed by atoms with van der Waals surface area (Å²) < 4.78 is 2.32. The van der Waals surface area contributed by atoms with Crippen molar-refractivity contribution in [1.29, 1.82) is 0 Å². The molecule has 3 rings (SSSR count). The average molecular weight is 215 g/mol. The zero-order valence-electron chi connectivity index (χ0n) is 9.61. The number of fused-ring (bicyclic) bond motifs is 1. The third kappa shape index (κ3) is 1.35. The van der Waals surface area contributed by atoms with Gasteiger partial charge in [0.25, 0.3) is 0 Å². The second-order valence-electron chi connectivity index (χ2n) is 4.73. The normalized spacial score (nSPS) is 16.6. The van der Waals surface area contributed by atoms with Crippen LogP contribution in [-0.2, 0) is 6.54 Å². The van der Waals surface area contributed by atoms with Gasteiger partial charge in [-0.3, -0.25) is 0 Å². The Morgan fingerprint density at radius 3 is 2.94 bits per heavy atom. The van der Waals surface area contributed by atoms with Crippen LogP contribution in [0.3, 0.4) is 0 Å². The smallest absolute Gasteiger partial charge is 0.140 e. The van der Waals surface area contributed by atoms with Crippen molar-refractivity contribution in [3.05, 3.63) is 29.6 Å². The molecule has 0 spiro atoms. The third-order valence-corrected chi connectivity index (χ3v) is 3.58. The summed E-state index contributed by atoms with van der Waals surface area (Å²) in [5, 5.41) is 1.23. The van der Waals surface area contributed by atoms with Gasteiger partial charge in [0.1, 0.15) is 5.65 Å². The van der Waals surface area contributed by atoms with Crippen molar-refractivity contribution < 1.29 is 0 Å². The van der Waals surface area contributed by atoms with Crippen molar-refractivity contribution in [2.75, 3.05) is 0 Å². The average Bonchev–Trinajstić information content (AvgIpc) is 2.54. The zero-order valence-corrected chi connectivity index (χ0v) is 9.61. The zero-order chi connectivity index (χ0) is 11.1. The molecule has 1 saturated carbocycles. The van der Waals surface area contributed by atoms with E-state index >= 15 is 0 Å². The SMILES string of the molecule is Cc1cnc2c(c1)c(CN)cn2C1CCC1. The van der Waals surface area contributed by atoms with Gasteiger partial charge in [-0.25, -0.2) is 4.98 Å². The van der Waals surface area contributed by atoms with Gasteiger partial charge in [-0.05, 0) is 43.4 Å². The number of hydrogen-bond donors (Lipinski definition) is 1. The minimum absolute atomic E-state index is 0.599. The summed E-state index contributed by atoms with van der Waals surface area (Å²) in [5.41, 5.74) is 9.33. The van der Waals surface area contributed by atoms with Crippen molar-refractivity contribution in [3.8, 4) is 0 Å². The maximum absolute atomic E-state index is 5.80. The number of aromatic nitrogens is 2. The van der Waals surface area contributed by atoms with E-state index in [2.05, 4.69) is 28.7 Å². The van der Waals surface area contributed by atoms with Gasteiger partial charge in [-0.15, -0.1) is 0 Å². The molecule has 1 aliphatic rings. The predicted molar refractivity (Wildman–Crippen MR) is 65.2 cm³/mol. The molecule has 2 N–H and O–H groups in total. The lowest BCUT2D eigenvalue weighted by atomic mass is 9.93. The molecule has 0 bridgehead atoms. The van der Waals surface area contributed by atoms with Crippen LogP contribution in [0.25, 0.3) is 11.0 Å². The first kappa shape index (κ1) is 9.85. The van der Waals surface area contributed by atoms with Gasteiger partial charge in [0.2, 0.25) is 0 Å². The highest BCUT2D eigenvalue weighted by Crippen LogP contribution is 2.35. The molecule has 1 fully saturated rings. The number of rotatable bonds is 2. The number of hydrogen-bond acceptors (Lipinski definition) is 2. The molecule has 0 aliphatic heterocycles. The van der Waals surface area contributed by atoms with E-state index in [-0.39, 0.29) is 0 Å². The molecular formula is C13H17N3. The van der Waals surface area contributed by atoms with Crippen LogP contribution >= 0.6 is 0 Å². The minimum Gasteiger partial charge on any atom is -0.329 e. The Morgan fingerprint density at radius 2 is 2.31 bits per heavy atom. The van der Waals surface area contributed by atoms with E-state index in [0.717, 1.165) is 5.65 Å². The van der Waals surface area contributed by atoms with E-state index < -0.39 is 0 Å². The van der Waals surface area contributed by atoms with Crippen LogP contribution in [0.2, 0.25) is 0 Å². The monoisotopic (exact) mass is 215 g/mol. The Morgan fingerprint density at radius 1 is 1.50 bits per heavy atom. The highest BCUT2D eigenvalue weighted by molar-refractivity contribution is 5.81. The summed E-state index contributed by atoms with van der Waals surface area (Å²) in [6.45, 7) is 2.68. The van der Waals surface area contributed by atoms with Crippen LogP contribution in [0.5, 0.6) is 0 Å².